The van der Waals surface area contributed by atoms with Gasteiger partial charge >= 0.3 is 5.97 Å². The number of halogens is 1. The van der Waals surface area contributed by atoms with E-state index in [9.17, 15) is 9.18 Å². The number of benzene rings is 2. The van der Waals surface area contributed by atoms with Gasteiger partial charge in [-0.3, -0.25) is 0 Å². The lowest BCUT2D eigenvalue weighted by atomic mass is 10.2. The van der Waals surface area contributed by atoms with Gasteiger partial charge in [-0.05, 0) is 49.1 Å². The van der Waals surface area contributed by atoms with Gasteiger partial charge in [0, 0.05) is 4.90 Å². The molecule has 0 fully saturated rings. The number of esters is 1. The van der Waals surface area contributed by atoms with Crippen molar-refractivity contribution < 1.29 is 13.9 Å². The number of ether oxygens (including phenoxy) is 1. The van der Waals surface area contributed by atoms with Crippen LogP contribution in [-0.2, 0) is 11.3 Å². The Morgan fingerprint density at radius 2 is 2.00 bits per heavy atom. The van der Waals surface area contributed by atoms with Crippen LogP contribution in [0.15, 0.2) is 53.4 Å². The summed E-state index contributed by atoms with van der Waals surface area (Å²) in [5.41, 5.74) is 2.29. The molecule has 3 rings (SSSR count). The molecule has 5 nitrogen and oxygen atoms in total. The largest absolute Gasteiger partial charge is 0.456 e. The maximum Gasteiger partial charge on any atom is 0.361 e. The molecular formula is C18H16FN3O2S. The molecule has 0 spiro atoms. The van der Waals surface area contributed by atoms with E-state index < -0.39 is 5.97 Å². The molecule has 0 aliphatic rings. The van der Waals surface area contributed by atoms with Gasteiger partial charge in [-0.2, -0.15) is 0 Å². The topological polar surface area (TPSA) is 57.0 Å². The maximum absolute atomic E-state index is 12.9. The molecule has 0 amide bonds. The minimum atomic E-state index is -0.561. The molecule has 0 radical (unpaired) electrons. The highest BCUT2D eigenvalue weighted by Crippen LogP contribution is 2.20. The van der Waals surface area contributed by atoms with Gasteiger partial charge in [-0.1, -0.05) is 23.4 Å². The predicted molar refractivity (Wildman–Crippen MR) is 93.4 cm³/mol. The predicted octanol–water partition coefficient (Wildman–Crippen LogP) is 3.79. The van der Waals surface area contributed by atoms with Crippen molar-refractivity contribution in [3.8, 4) is 5.69 Å². The fraction of sp³-hybridized carbons (Fsp3) is 0.167. The highest BCUT2D eigenvalue weighted by Gasteiger charge is 2.19. The van der Waals surface area contributed by atoms with Crippen LogP contribution in [0.3, 0.4) is 0 Å². The number of aromatic nitrogens is 3. The molecule has 0 unspecified atom stereocenters. The molecule has 1 aromatic heterocycles. The molecule has 25 heavy (non-hydrogen) atoms. The fourth-order valence-corrected chi connectivity index (χ4v) is 2.76. The second-order valence-electron chi connectivity index (χ2n) is 5.34. The molecule has 0 atom stereocenters. The van der Waals surface area contributed by atoms with Gasteiger partial charge in [-0.25, -0.2) is 13.9 Å². The van der Waals surface area contributed by atoms with Crippen LogP contribution in [0.4, 0.5) is 4.39 Å². The number of carbonyl (C=O) groups excluding carboxylic acids is 1. The van der Waals surface area contributed by atoms with Crippen molar-refractivity contribution in [2.75, 3.05) is 6.26 Å². The van der Waals surface area contributed by atoms with Gasteiger partial charge in [0.15, 0.2) is 5.69 Å². The molecule has 0 aliphatic carbocycles. The highest BCUT2D eigenvalue weighted by molar-refractivity contribution is 7.98. The van der Waals surface area contributed by atoms with Gasteiger partial charge < -0.3 is 4.74 Å². The molecule has 0 N–H and O–H groups in total. The Morgan fingerprint density at radius 3 is 2.72 bits per heavy atom. The van der Waals surface area contributed by atoms with Crippen LogP contribution in [0.25, 0.3) is 5.69 Å². The standard InChI is InChI=1S/C18H16FN3O2S/c1-12-17(18(23)24-11-13-6-8-14(19)9-7-13)20-21-22(12)15-4-3-5-16(10-15)25-2/h3-10H,11H2,1-2H3. The molecular weight excluding hydrogens is 341 g/mol. The first-order chi connectivity index (χ1) is 12.1. The summed E-state index contributed by atoms with van der Waals surface area (Å²) in [6.45, 7) is 1.81. The van der Waals surface area contributed by atoms with E-state index in [0.717, 1.165) is 10.6 Å². The normalized spacial score (nSPS) is 10.7. The van der Waals surface area contributed by atoms with Gasteiger partial charge in [-0.15, -0.1) is 16.9 Å². The minimum Gasteiger partial charge on any atom is -0.456 e. The number of thioether (sulfide) groups is 1. The first-order valence-corrected chi connectivity index (χ1v) is 8.79. The van der Waals surface area contributed by atoms with Crippen molar-refractivity contribution in [3.05, 3.63) is 71.3 Å². The third-order valence-corrected chi connectivity index (χ3v) is 4.39. The van der Waals surface area contributed by atoms with Crippen LogP contribution in [0.2, 0.25) is 0 Å². The maximum atomic E-state index is 12.9. The lowest BCUT2D eigenvalue weighted by Gasteiger charge is -2.06. The summed E-state index contributed by atoms with van der Waals surface area (Å²) in [5, 5.41) is 8.00. The third kappa shape index (κ3) is 3.88. The SMILES string of the molecule is CSc1cccc(-n2nnc(C(=O)OCc3ccc(F)cc3)c2C)c1. The van der Waals surface area contributed by atoms with Crippen LogP contribution < -0.4 is 0 Å². The van der Waals surface area contributed by atoms with E-state index in [1.807, 2.05) is 30.5 Å². The fourth-order valence-electron chi connectivity index (χ4n) is 2.30. The van der Waals surface area contributed by atoms with Crippen molar-refractivity contribution in [3.63, 3.8) is 0 Å². The van der Waals surface area contributed by atoms with Crippen molar-refractivity contribution in [2.45, 2.75) is 18.4 Å². The number of nitrogens with zero attached hydrogens (tertiary/aromatic N) is 3. The van der Waals surface area contributed by atoms with Gasteiger partial charge in [0.2, 0.25) is 0 Å². The number of hydrogen-bond donors (Lipinski definition) is 0. The Balaban J connectivity index is 1.75. The molecule has 3 aromatic rings. The lowest BCUT2D eigenvalue weighted by molar-refractivity contribution is 0.0464. The average molecular weight is 357 g/mol. The van der Waals surface area contributed by atoms with E-state index in [0.29, 0.717) is 11.3 Å². The molecule has 1 heterocycles. The zero-order valence-corrected chi connectivity index (χ0v) is 14.6. The molecule has 128 valence electrons. The minimum absolute atomic E-state index is 0.0490. The molecule has 0 saturated carbocycles. The average Bonchev–Trinajstić information content (AvgIpc) is 3.02. The van der Waals surface area contributed by atoms with Crippen LogP contribution >= 0.6 is 11.8 Å². The summed E-state index contributed by atoms with van der Waals surface area (Å²) >= 11 is 1.62. The van der Waals surface area contributed by atoms with Crippen LogP contribution in [-0.4, -0.2) is 27.2 Å². The molecule has 2 aromatic carbocycles. The van der Waals surface area contributed by atoms with Crippen molar-refractivity contribution in [1.82, 2.24) is 15.0 Å². The number of hydrogen-bond acceptors (Lipinski definition) is 5. The summed E-state index contributed by atoms with van der Waals surface area (Å²) in [6.07, 6.45) is 1.99. The Kier molecular flexibility index (Phi) is 5.14. The summed E-state index contributed by atoms with van der Waals surface area (Å²) in [7, 11) is 0. The lowest BCUT2D eigenvalue weighted by Crippen LogP contribution is -2.08. The zero-order chi connectivity index (χ0) is 17.8. The van der Waals surface area contributed by atoms with Gasteiger partial charge in [0.25, 0.3) is 0 Å². The zero-order valence-electron chi connectivity index (χ0n) is 13.8. The van der Waals surface area contributed by atoms with E-state index in [-0.39, 0.29) is 18.1 Å². The van der Waals surface area contributed by atoms with Crippen LogP contribution in [0.5, 0.6) is 0 Å². The summed E-state index contributed by atoms with van der Waals surface area (Å²) in [5.74, 6) is -0.893. The van der Waals surface area contributed by atoms with Crippen molar-refractivity contribution in [2.24, 2.45) is 0 Å². The first-order valence-electron chi connectivity index (χ1n) is 7.57. The Hall–Kier alpha value is -2.67. The van der Waals surface area contributed by atoms with E-state index in [1.54, 1.807) is 35.5 Å². The molecule has 0 saturated heterocycles. The Labute approximate surface area is 148 Å². The quantitative estimate of drug-likeness (QED) is 0.514. The summed E-state index contributed by atoms with van der Waals surface area (Å²) < 4.78 is 19.7. The Morgan fingerprint density at radius 1 is 1.24 bits per heavy atom. The van der Waals surface area contributed by atoms with E-state index in [1.165, 1.54) is 12.1 Å². The van der Waals surface area contributed by atoms with E-state index in [2.05, 4.69) is 10.3 Å². The van der Waals surface area contributed by atoms with Crippen LogP contribution in [0, 0.1) is 12.7 Å². The van der Waals surface area contributed by atoms with Crippen molar-refractivity contribution in [1.29, 1.82) is 0 Å². The number of carbonyl (C=O) groups is 1. The van der Waals surface area contributed by atoms with Gasteiger partial charge in [0.1, 0.15) is 12.4 Å². The Bertz CT molecular complexity index is 894. The molecule has 0 bridgehead atoms. The highest BCUT2D eigenvalue weighted by atomic mass is 32.2. The van der Waals surface area contributed by atoms with Gasteiger partial charge in [0.05, 0.1) is 11.4 Å². The van der Waals surface area contributed by atoms with Crippen LogP contribution in [0.1, 0.15) is 21.7 Å². The monoisotopic (exact) mass is 357 g/mol. The van der Waals surface area contributed by atoms with E-state index in [4.69, 9.17) is 4.74 Å². The first kappa shape index (κ1) is 17.2. The summed E-state index contributed by atoms with van der Waals surface area (Å²) in [4.78, 5) is 13.3. The second kappa shape index (κ2) is 7.48. The number of rotatable bonds is 5. The van der Waals surface area contributed by atoms with E-state index >= 15 is 0 Å². The summed E-state index contributed by atoms with van der Waals surface area (Å²) in [6, 6.07) is 13.6. The smallest absolute Gasteiger partial charge is 0.361 e. The molecule has 7 heteroatoms. The van der Waals surface area contributed by atoms with Crippen molar-refractivity contribution >= 4 is 17.7 Å². The molecule has 0 aliphatic heterocycles. The third-order valence-electron chi connectivity index (χ3n) is 3.67. The second-order valence-corrected chi connectivity index (χ2v) is 6.22.